The van der Waals surface area contributed by atoms with Crippen molar-refractivity contribution in [1.82, 2.24) is 0 Å². The van der Waals surface area contributed by atoms with E-state index < -0.39 is 32.4 Å². The van der Waals surface area contributed by atoms with Crippen molar-refractivity contribution >= 4 is 31.9 Å². The SMILES string of the molecule is CCOP(=O)(OCC)c1cccc(/C=C(/O)C(F)(F)F)c1P(=O)(OCC)OCC. The van der Waals surface area contributed by atoms with Crippen LogP contribution in [0.3, 0.4) is 0 Å². The third-order valence-electron chi connectivity index (χ3n) is 3.39. The molecule has 0 aliphatic rings. The molecule has 29 heavy (non-hydrogen) atoms. The second-order valence-corrected chi connectivity index (χ2v) is 9.36. The van der Waals surface area contributed by atoms with Gasteiger partial charge in [-0.1, -0.05) is 12.1 Å². The molecule has 1 N–H and O–H groups in total. The number of aliphatic hydroxyl groups excluding tert-OH is 1. The topological polar surface area (TPSA) is 91.3 Å². The van der Waals surface area contributed by atoms with Crippen LogP contribution < -0.4 is 10.6 Å². The van der Waals surface area contributed by atoms with Crippen molar-refractivity contribution in [1.29, 1.82) is 0 Å². The average Bonchev–Trinajstić information content (AvgIpc) is 2.61. The zero-order valence-corrected chi connectivity index (χ0v) is 18.4. The molecule has 0 aliphatic heterocycles. The summed E-state index contributed by atoms with van der Waals surface area (Å²) in [6.45, 7) is 5.84. The molecule has 0 fully saturated rings. The third kappa shape index (κ3) is 6.41. The molecule has 12 heteroatoms. The van der Waals surface area contributed by atoms with Gasteiger partial charge in [0.25, 0.3) is 0 Å². The van der Waals surface area contributed by atoms with Gasteiger partial charge in [-0.25, -0.2) is 0 Å². The van der Waals surface area contributed by atoms with E-state index in [0.29, 0.717) is 6.08 Å². The number of hydrogen-bond acceptors (Lipinski definition) is 7. The molecule has 0 radical (unpaired) electrons. The minimum absolute atomic E-state index is 0.0435. The van der Waals surface area contributed by atoms with Crippen molar-refractivity contribution in [3.63, 3.8) is 0 Å². The predicted octanol–water partition coefficient (Wildman–Crippen LogP) is 4.93. The second-order valence-electron chi connectivity index (χ2n) is 5.41. The van der Waals surface area contributed by atoms with Gasteiger partial charge in [0.05, 0.1) is 37.0 Å². The van der Waals surface area contributed by atoms with Gasteiger partial charge in [-0.15, -0.1) is 0 Å². The van der Waals surface area contributed by atoms with Gasteiger partial charge >= 0.3 is 21.4 Å². The first-order valence-corrected chi connectivity index (χ1v) is 12.0. The van der Waals surface area contributed by atoms with Crippen LogP contribution in [-0.4, -0.2) is 37.7 Å². The van der Waals surface area contributed by atoms with Crippen molar-refractivity contribution in [3.8, 4) is 0 Å². The molecule has 0 amide bonds. The fourth-order valence-corrected chi connectivity index (χ4v) is 6.68. The van der Waals surface area contributed by atoms with E-state index in [0.717, 1.165) is 6.07 Å². The van der Waals surface area contributed by atoms with E-state index >= 15 is 0 Å². The van der Waals surface area contributed by atoms with Gasteiger partial charge in [0.1, 0.15) is 0 Å². The average molecular weight is 460 g/mol. The van der Waals surface area contributed by atoms with Crippen LogP contribution >= 0.6 is 15.2 Å². The van der Waals surface area contributed by atoms with Crippen molar-refractivity contribution in [3.05, 3.63) is 29.5 Å². The highest BCUT2D eigenvalue weighted by molar-refractivity contribution is 7.69. The second kappa shape index (κ2) is 10.8. The lowest BCUT2D eigenvalue weighted by Gasteiger charge is -2.25. The van der Waals surface area contributed by atoms with E-state index in [1.807, 2.05) is 0 Å². The molecule has 1 aromatic rings. The van der Waals surface area contributed by atoms with E-state index in [9.17, 15) is 27.4 Å². The molecule has 0 heterocycles. The van der Waals surface area contributed by atoms with E-state index in [1.165, 1.54) is 26.0 Å². The Kier molecular flexibility index (Phi) is 9.60. The summed E-state index contributed by atoms with van der Waals surface area (Å²) in [5.74, 6) is -1.93. The molecular formula is C17H25F3O7P2. The van der Waals surface area contributed by atoms with Crippen molar-refractivity contribution in [2.45, 2.75) is 33.9 Å². The Morgan fingerprint density at radius 3 is 1.79 bits per heavy atom. The quantitative estimate of drug-likeness (QED) is 0.370. The maximum absolute atomic E-state index is 13.5. The highest BCUT2D eigenvalue weighted by Gasteiger charge is 2.41. The summed E-state index contributed by atoms with van der Waals surface area (Å²) in [6.07, 6.45) is -4.68. The Hall–Kier alpha value is -1.15. The summed E-state index contributed by atoms with van der Waals surface area (Å²) in [5, 5.41) is 8.76. The number of halogens is 3. The van der Waals surface area contributed by atoms with Gasteiger partial charge in [0.15, 0.2) is 5.76 Å². The summed E-state index contributed by atoms with van der Waals surface area (Å²) in [5.41, 5.74) is -0.345. The number of aliphatic hydroxyl groups is 1. The molecule has 0 aromatic heterocycles. The van der Waals surface area contributed by atoms with Crippen molar-refractivity contribution in [2.24, 2.45) is 0 Å². The molecule has 166 valence electrons. The highest BCUT2D eigenvalue weighted by Crippen LogP contribution is 2.53. The minimum atomic E-state index is -5.04. The smallest absolute Gasteiger partial charge is 0.448 e. The Labute approximate surface area is 167 Å². The number of allylic oxidation sites excluding steroid dienone is 1. The van der Waals surface area contributed by atoms with E-state index in [2.05, 4.69) is 0 Å². The Morgan fingerprint density at radius 1 is 0.931 bits per heavy atom. The molecule has 1 rings (SSSR count). The predicted molar refractivity (Wildman–Crippen MR) is 104 cm³/mol. The number of hydrogen-bond donors (Lipinski definition) is 1. The number of benzene rings is 1. The fourth-order valence-electron chi connectivity index (χ4n) is 2.44. The molecule has 0 atom stereocenters. The minimum Gasteiger partial charge on any atom is -0.504 e. The van der Waals surface area contributed by atoms with E-state index in [1.54, 1.807) is 13.8 Å². The van der Waals surface area contributed by atoms with Gasteiger partial charge in [-0.05, 0) is 45.4 Å². The van der Waals surface area contributed by atoms with Crippen LogP contribution in [0.15, 0.2) is 24.0 Å². The van der Waals surface area contributed by atoms with Crippen LogP contribution in [0, 0.1) is 0 Å². The maximum atomic E-state index is 13.5. The Morgan fingerprint density at radius 2 is 1.38 bits per heavy atom. The summed E-state index contributed by atoms with van der Waals surface area (Å²) in [6, 6.07) is 3.70. The van der Waals surface area contributed by atoms with Gasteiger partial charge in [-0.3, -0.25) is 9.13 Å². The zero-order valence-electron chi connectivity index (χ0n) is 16.6. The normalized spacial score (nSPS) is 13.7. The van der Waals surface area contributed by atoms with Crippen LogP contribution in [0.2, 0.25) is 0 Å². The van der Waals surface area contributed by atoms with Crippen LogP contribution in [-0.2, 0) is 27.2 Å². The molecule has 0 saturated heterocycles. The molecule has 0 spiro atoms. The van der Waals surface area contributed by atoms with Gasteiger partial charge in [0.2, 0.25) is 0 Å². The monoisotopic (exact) mass is 460 g/mol. The first-order chi connectivity index (χ1) is 13.5. The van der Waals surface area contributed by atoms with Gasteiger partial charge in [0, 0.05) is 0 Å². The first-order valence-electron chi connectivity index (χ1n) is 8.89. The Balaban J connectivity index is 3.94. The van der Waals surface area contributed by atoms with Gasteiger partial charge in [-0.2, -0.15) is 13.2 Å². The van der Waals surface area contributed by atoms with Crippen molar-refractivity contribution in [2.75, 3.05) is 26.4 Å². The van der Waals surface area contributed by atoms with Crippen LogP contribution in [0.25, 0.3) is 6.08 Å². The van der Waals surface area contributed by atoms with E-state index in [4.69, 9.17) is 18.1 Å². The van der Waals surface area contributed by atoms with Crippen molar-refractivity contribution < 1.29 is 45.5 Å². The Bertz CT molecular complexity index is 789. The number of rotatable bonds is 11. The molecule has 0 unspecified atom stereocenters. The largest absolute Gasteiger partial charge is 0.504 e. The summed E-state index contributed by atoms with van der Waals surface area (Å²) in [7, 11) is -8.34. The van der Waals surface area contributed by atoms with E-state index in [-0.39, 0.29) is 37.3 Å². The molecule has 1 aromatic carbocycles. The third-order valence-corrected chi connectivity index (χ3v) is 7.97. The summed E-state index contributed by atoms with van der Waals surface area (Å²) in [4.78, 5) is 0. The summed E-state index contributed by atoms with van der Waals surface area (Å²) < 4.78 is 86.5. The lowest BCUT2D eigenvalue weighted by molar-refractivity contribution is -0.119. The van der Waals surface area contributed by atoms with Gasteiger partial charge < -0.3 is 23.2 Å². The molecule has 0 aliphatic carbocycles. The lowest BCUT2D eigenvalue weighted by atomic mass is 10.2. The standard InChI is InChI=1S/C17H25F3O7P2/c1-5-24-28(22,25-6-2)14-11-9-10-13(12-15(21)17(18,19)20)16(14)29(23,26-7-3)27-8-4/h9-12,21H,5-8H2,1-4H3/b15-12+. The molecule has 0 bridgehead atoms. The zero-order chi connectivity index (χ0) is 22.3. The highest BCUT2D eigenvalue weighted by atomic mass is 31.2. The van der Waals surface area contributed by atoms with Crippen LogP contribution in [0.4, 0.5) is 13.2 Å². The lowest BCUT2D eigenvalue weighted by Crippen LogP contribution is -2.31. The fraction of sp³-hybridized carbons (Fsp3) is 0.529. The van der Waals surface area contributed by atoms with Crippen LogP contribution in [0.1, 0.15) is 33.3 Å². The summed E-state index contributed by atoms with van der Waals surface area (Å²) >= 11 is 0. The first kappa shape index (κ1) is 25.9. The molecular weight excluding hydrogens is 435 g/mol. The molecule has 7 nitrogen and oxygen atoms in total. The molecule has 0 saturated carbocycles. The number of alkyl halides is 3. The van der Waals surface area contributed by atoms with Crippen LogP contribution in [0.5, 0.6) is 0 Å². The maximum Gasteiger partial charge on any atom is 0.448 e.